The molecule has 1 amide bonds. The Hall–Kier alpha value is -3.94. The Morgan fingerprint density at radius 3 is 2.52 bits per heavy atom. The second-order valence-electron chi connectivity index (χ2n) is 6.96. The summed E-state index contributed by atoms with van der Waals surface area (Å²) in [5, 5.41) is 11.0. The number of aryl methyl sites for hydroxylation is 1. The molecule has 1 fully saturated rings. The first-order chi connectivity index (χ1) is 14.8. The number of aliphatic hydroxyl groups excluding tert-OH is 1. The van der Waals surface area contributed by atoms with Crippen LogP contribution in [-0.4, -0.2) is 23.9 Å². The van der Waals surface area contributed by atoms with E-state index in [4.69, 9.17) is 9.15 Å². The number of hydrogen-bond acceptors (Lipinski definition) is 5. The minimum atomic E-state index is -1.24. The van der Waals surface area contributed by atoms with Gasteiger partial charge in [0.25, 0.3) is 11.7 Å². The molecule has 0 bridgehead atoms. The van der Waals surface area contributed by atoms with E-state index in [0.717, 1.165) is 17.0 Å². The molecule has 3 aromatic rings. The summed E-state index contributed by atoms with van der Waals surface area (Å²) in [6.45, 7) is 1.70. The maximum atomic E-state index is 14.5. The molecule has 0 radical (unpaired) electrons. The number of hydrogen-bond donors (Lipinski definition) is 1. The zero-order valence-corrected chi connectivity index (χ0v) is 16.6. The maximum absolute atomic E-state index is 14.5. The molecule has 8 heteroatoms. The zero-order valence-electron chi connectivity index (χ0n) is 16.6. The number of methoxy groups -OCH3 is 1. The highest BCUT2D eigenvalue weighted by atomic mass is 19.1. The van der Waals surface area contributed by atoms with Crippen molar-refractivity contribution in [2.75, 3.05) is 12.0 Å². The number of Topliss-reactive ketones (excluding diaryl/α,β-unsaturated/α-hetero) is 1. The number of ketones is 1. The monoisotopic (exact) mass is 425 g/mol. The summed E-state index contributed by atoms with van der Waals surface area (Å²) in [4.78, 5) is 26.7. The number of furan rings is 1. The van der Waals surface area contributed by atoms with Crippen LogP contribution in [0, 0.1) is 18.6 Å². The normalized spacial score (nSPS) is 17.9. The number of carbonyl (C=O) groups excluding carboxylic acids is 2. The summed E-state index contributed by atoms with van der Waals surface area (Å²) >= 11 is 0. The van der Waals surface area contributed by atoms with Gasteiger partial charge in [0.05, 0.1) is 24.6 Å². The molecule has 158 valence electrons. The highest BCUT2D eigenvalue weighted by Crippen LogP contribution is 2.43. The molecule has 6 nitrogen and oxygen atoms in total. The van der Waals surface area contributed by atoms with Crippen LogP contribution in [0.25, 0.3) is 5.76 Å². The Morgan fingerprint density at radius 1 is 1.13 bits per heavy atom. The maximum Gasteiger partial charge on any atom is 0.300 e. The van der Waals surface area contributed by atoms with Crippen LogP contribution >= 0.6 is 0 Å². The van der Waals surface area contributed by atoms with Crippen molar-refractivity contribution in [3.8, 4) is 5.75 Å². The molecule has 1 unspecified atom stereocenters. The fourth-order valence-electron chi connectivity index (χ4n) is 3.65. The van der Waals surface area contributed by atoms with E-state index >= 15 is 0 Å². The van der Waals surface area contributed by atoms with Crippen molar-refractivity contribution in [1.29, 1.82) is 0 Å². The second-order valence-corrected chi connectivity index (χ2v) is 6.96. The van der Waals surface area contributed by atoms with Crippen molar-refractivity contribution in [2.45, 2.75) is 13.0 Å². The molecule has 31 heavy (non-hydrogen) atoms. The van der Waals surface area contributed by atoms with Crippen LogP contribution in [0.5, 0.6) is 5.75 Å². The van der Waals surface area contributed by atoms with Crippen LogP contribution in [0.1, 0.15) is 22.9 Å². The van der Waals surface area contributed by atoms with E-state index < -0.39 is 35.1 Å². The van der Waals surface area contributed by atoms with Gasteiger partial charge in [-0.1, -0.05) is 0 Å². The van der Waals surface area contributed by atoms with Gasteiger partial charge in [0.1, 0.15) is 34.9 Å². The van der Waals surface area contributed by atoms with Gasteiger partial charge in [0.15, 0.2) is 0 Å². The van der Waals surface area contributed by atoms with Gasteiger partial charge in [-0.2, -0.15) is 0 Å². The Morgan fingerprint density at radius 2 is 1.90 bits per heavy atom. The molecule has 2 aromatic carbocycles. The van der Waals surface area contributed by atoms with Gasteiger partial charge in [-0.25, -0.2) is 8.78 Å². The first kappa shape index (κ1) is 20.3. The quantitative estimate of drug-likeness (QED) is 0.378. The van der Waals surface area contributed by atoms with Crippen LogP contribution < -0.4 is 9.64 Å². The average Bonchev–Trinajstić information content (AvgIpc) is 3.35. The summed E-state index contributed by atoms with van der Waals surface area (Å²) in [6, 6.07) is 9.25. The first-order valence-electron chi connectivity index (χ1n) is 9.28. The molecule has 0 spiro atoms. The van der Waals surface area contributed by atoms with Crippen molar-refractivity contribution < 1.29 is 32.6 Å². The third-order valence-electron chi connectivity index (χ3n) is 5.12. The smallest absolute Gasteiger partial charge is 0.300 e. The van der Waals surface area contributed by atoms with E-state index in [1.165, 1.54) is 25.5 Å². The number of halogens is 2. The molecule has 0 saturated carbocycles. The van der Waals surface area contributed by atoms with Crippen molar-refractivity contribution in [3.05, 3.63) is 88.9 Å². The zero-order chi connectivity index (χ0) is 22.3. The van der Waals surface area contributed by atoms with Gasteiger partial charge >= 0.3 is 0 Å². The third-order valence-corrected chi connectivity index (χ3v) is 5.12. The Labute approximate surface area is 176 Å². The molecular formula is C23H17F2NO5. The lowest BCUT2D eigenvalue weighted by atomic mass is 9.96. The summed E-state index contributed by atoms with van der Waals surface area (Å²) < 4.78 is 38.5. The lowest BCUT2D eigenvalue weighted by Crippen LogP contribution is -2.30. The van der Waals surface area contributed by atoms with Crippen LogP contribution in [0.3, 0.4) is 0 Å². The Bertz CT molecular complexity index is 1220. The largest absolute Gasteiger partial charge is 0.507 e. The third kappa shape index (κ3) is 3.35. The van der Waals surface area contributed by atoms with Crippen LogP contribution in [0.4, 0.5) is 14.5 Å². The summed E-state index contributed by atoms with van der Waals surface area (Å²) in [7, 11) is 1.49. The molecular weight excluding hydrogens is 408 g/mol. The summed E-state index contributed by atoms with van der Waals surface area (Å²) in [5.74, 6) is -3.70. The first-order valence-corrected chi connectivity index (χ1v) is 9.28. The number of aliphatic hydroxyl groups is 1. The Kier molecular flexibility index (Phi) is 5.06. The van der Waals surface area contributed by atoms with E-state index in [1.54, 1.807) is 25.1 Å². The van der Waals surface area contributed by atoms with Crippen molar-refractivity contribution in [3.63, 3.8) is 0 Å². The number of benzene rings is 2. The topological polar surface area (TPSA) is 80.0 Å². The van der Waals surface area contributed by atoms with Gasteiger partial charge in [-0.15, -0.1) is 0 Å². The number of anilines is 1. The molecule has 0 aliphatic carbocycles. The van der Waals surface area contributed by atoms with Crippen LogP contribution in [-0.2, 0) is 9.59 Å². The molecule has 4 rings (SSSR count). The van der Waals surface area contributed by atoms with Crippen molar-refractivity contribution >= 4 is 23.1 Å². The average molecular weight is 425 g/mol. The van der Waals surface area contributed by atoms with Crippen molar-refractivity contribution in [1.82, 2.24) is 0 Å². The standard InChI is InChI=1S/C23H17F2NO5/c1-12-10-14(30-2)6-7-15(12)21(27)19-20(18-4-3-9-31-18)26(23(29)22(19)28)17-8-5-13(24)11-16(17)25/h3-11,20,27H,1-2H3/b21-19-. The molecule has 2 heterocycles. The molecule has 1 N–H and O–H groups in total. The number of amides is 1. The fraction of sp³-hybridized carbons (Fsp3) is 0.130. The van der Waals surface area contributed by atoms with E-state index in [1.807, 2.05) is 0 Å². The van der Waals surface area contributed by atoms with Crippen LogP contribution in [0.15, 0.2) is 64.8 Å². The number of nitrogens with zero attached hydrogens (tertiary/aromatic N) is 1. The lowest BCUT2D eigenvalue weighted by molar-refractivity contribution is -0.132. The van der Waals surface area contributed by atoms with Gasteiger partial charge in [0, 0.05) is 11.6 Å². The summed E-state index contributed by atoms with van der Waals surface area (Å²) in [5.41, 5.74) is 0.316. The lowest BCUT2D eigenvalue weighted by Gasteiger charge is -2.23. The number of rotatable bonds is 4. The molecule has 1 aliphatic rings. The predicted octanol–water partition coefficient (Wildman–Crippen LogP) is 4.50. The fourth-order valence-corrected chi connectivity index (χ4v) is 3.65. The minimum absolute atomic E-state index is 0.135. The van der Waals surface area contributed by atoms with Crippen LogP contribution in [0.2, 0.25) is 0 Å². The number of carbonyl (C=O) groups is 2. The van der Waals surface area contributed by atoms with E-state index in [9.17, 15) is 23.5 Å². The SMILES string of the molecule is COc1ccc(/C(O)=C2/C(=O)C(=O)N(c3ccc(F)cc3F)C2c2ccco2)c(C)c1. The highest BCUT2D eigenvalue weighted by molar-refractivity contribution is 6.51. The van der Waals surface area contributed by atoms with E-state index in [0.29, 0.717) is 22.9 Å². The van der Waals surface area contributed by atoms with Crippen molar-refractivity contribution in [2.24, 2.45) is 0 Å². The minimum Gasteiger partial charge on any atom is -0.507 e. The van der Waals surface area contributed by atoms with E-state index in [-0.39, 0.29) is 17.0 Å². The number of ether oxygens (including phenoxy) is 1. The molecule has 1 aromatic heterocycles. The van der Waals surface area contributed by atoms with Gasteiger partial charge in [0.2, 0.25) is 0 Å². The van der Waals surface area contributed by atoms with Gasteiger partial charge in [-0.3, -0.25) is 14.5 Å². The molecule has 1 atom stereocenters. The molecule has 1 saturated heterocycles. The summed E-state index contributed by atoms with van der Waals surface area (Å²) in [6.07, 6.45) is 1.33. The molecule has 1 aliphatic heterocycles. The second kappa shape index (κ2) is 7.71. The Balaban J connectivity index is 1.94. The van der Waals surface area contributed by atoms with Gasteiger partial charge in [-0.05, 0) is 55.0 Å². The van der Waals surface area contributed by atoms with E-state index in [2.05, 4.69) is 0 Å². The predicted molar refractivity (Wildman–Crippen MR) is 108 cm³/mol. The highest BCUT2D eigenvalue weighted by Gasteiger charge is 2.49. The van der Waals surface area contributed by atoms with Gasteiger partial charge < -0.3 is 14.3 Å².